The number of halogens is 2. The fourth-order valence-electron chi connectivity index (χ4n) is 1.55. The molecule has 2 aromatic rings. The number of ketones is 1. The number of fused-ring (bicyclic) bond motifs is 1. The number of benzene rings is 1. The highest BCUT2D eigenvalue weighted by Gasteiger charge is 2.14. The van der Waals surface area contributed by atoms with Crippen molar-refractivity contribution in [3.8, 4) is 0 Å². The summed E-state index contributed by atoms with van der Waals surface area (Å²) in [5.41, 5.74) is 0.724. The van der Waals surface area contributed by atoms with Crippen molar-refractivity contribution in [1.29, 1.82) is 0 Å². The van der Waals surface area contributed by atoms with E-state index in [4.69, 9.17) is 0 Å². The number of hydrogen-bond acceptors (Lipinski definition) is 2. The van der Waals surface area contributed by atoms with Crippen LogP contribution >= 0.6 is 11.3 Å². The van der Waals surface area contributed by atoms with Gasteiger partial charge in [-0.3, -0.25) is 4.79 Å². The second-order valence-electron chi connectivity index (χ2n) is 3.37. The topological polar surface area (TPSA) is 17.1 Å². The van der Waals surface area contributed by atoms with Crippen molar-refractivity contribution in [3.05, 3.63) is 34.2 Å². The Bertz CT molecular complexity index is 557. The van der Waals surface area contributed by atoms with Gasteiger partial charge < -0.3 is 0 Å². The van der Waals surface area contributed by atoms with Gasteiger partial charge in [0.2, 0.25) is 0 Å². The molecule has 0 bridgehead atoms. The molecule has 1 nitrogen and oxygen atoms in total. The van der Waals surface area contributed by atoms with Crippen LogP contribution in [0.25, 0.3) is 10.1 Å². The zero-order chi connectivity index (χ0) is 11.2. The monoisotopic (exact) mass is 226 g/mol. The first-order valence-electron chi connectivity index (χ1n) is 4.40. The second kappa shape index (κ2) is 3.38. The summed E-state index contributed by atoms with van der Waals surface area (Å²) in [7, 11) is 0. The lowest BCUT2D eigenvalue weighted by Crippen LogP contribution is -1.89. The minimum absolute atomic E-state index is 0.0745. The third-order valence-corrected chi connectivity index (χ3v) is 3.65. The molecular formula is C11H8F2OS. The van der Waals surface area contributed by atoms with Gasteiger partial charge in [-0.25, -0.2) is 8.78 Å². The van der Waals surface area contributed by atoms with E-state index in [-0.39, 0.29) is 5.78 Å². The van der Waals surface area contributed by atoms with Crippen molar-refractivity contribution in [1.82, 2.24) is 0 Å². The Kier molecular flexibility index (Phi) is 2.31. The summed E-state index contributed by atoms with van der Waals surface area (Å²) in [5, 5.41) is 0.615. The molecule has 0 aliphatic rings. The van der Waals surface area contributed by atoms with Crippen LogP contribution in [0, 0.1) is 18.6 Å². The lowest BCUT2D eigenvalue weighted by Gasteiger charge is -1.94. The minimum Gasteiger partial charge on any atom is -0.294 e. The quantitative estimate of drug-likeness (QED) is 0.678. The smallest absolute Gasteiger partial charge is 0.170 e. The van der Waals surface area contributed by atoms with Crippen LogP contribution in [0.15, 0.2) is 12.1 Å². The van der Waals surface area contributed by atoms with Crippen molar-refractivity contribution in [3.63, 3.8) is 0 Å². The molecule has 0 amide bonds. The number of hydrogen-bond donors (Lipinski definition) is 0. The van der Waals surface area contributed by atoms with Gasteiger partial charge >= 0.3 is 0 Å². The van der Waals surface area contributed by atoms with Gasteiger partial charge in [-0.1, -0.05) is 0 Å². The van der Waals surface area contributed by atoms with E-state index >= 15 is 0 Å². The number of rotatable bonds is 1. The molecule has 0 saturated carbocycles. The van der Waals surface area contributed by atoms with Crippen LogP contribution in [0.5, 0.6) is 0 Å². The first kappa shape index (κ1) is 10.2. The molecule has 0 atom stereocenters. The molecule has 1 heterocycles. The average molecular weight is 226 g/mol. The molecule has 1 aromatic carbocycles. The first-order chi connectivity index (χ1) is 7.00. The molecule has 0 aliphatic heterocycles. The second-order valence-corrected chi connectivity index (χ2v) is 4.43. The maximum atomic E-state index is 13.0. The molecule has 0 fully saturated rings. The van der Waals surface area contributed by atoms with Crippen LogP contribution in [0.4, 0.5) is 8.78 Å². The predicted molar refractivity (Wildman–Crippen MR) is 56.5 cm³/mol. The first-order valence-corrected chi connectivity index (χ1v) is 5.21. The molecular weight excluding hydrogens is 218 g/mol. The van der Waals surface area contributed by atoms with Crippen molar-refractivity contribution in [2.24, 2.45) is 0 Å². The molecule has 15 heavy (non-hydrogen) atoms. The molecule has 0 saturated heterocycles. The fourth-order valence-corrected chi connectivity index (χ4v) is 2.66. The van der Waals surface area contributed by atoms with E-state index in [1.807, 2.05) is 0 Å². The van der Waals surface area contributed by atoms with E-state index in [9.17, 15) is 13.6 Å². The highest BCUT2D eigenvalue weighted by molar-refractivity contribution is 7.21. The van der Waals surface area contributed by atoms with Crippen molar-refractivity contribution in [2.75, 3.05) is 0 Å². The summed E-state index contributed by atoms with van der Waals surface area (Å²) in [4.78, 5) is 11.8. The Morgan fingerprint density at radius 3 is 2.47 bits per heavy atom. The summed E-state index contributed by atoms with van der Waals surface area (Å²) >= 11 is 1.20. The Morgan fingerprint density at radius 1 is 1.27 bits per heavy atom. The van der Waals surface area contributed by atoms with Crippen molar-refractivity contribution < 1.29 is 13.6 Å². The lowest BCUT2D eigenvalue weighted by atomic mass is 10.1. The van der Waals surface area contributed by atoms with Crippen molar-refractivity contribution >= 4 is 27.2 Å². The normalized spacial score (nSPS) is 10.9. The maximum absolute atomic E-state index is 13.0. The molecule has 0 radical (unpaired) electrons. The minimum atomic E-state index is -0.876. The molecule has 0 spiro atoms. The zero-order valence-electron chi connectivity index (χ0n) is 8.23. The van der Waals surface area contributed by atoms with E-state index in [2.05, 4.69) is 0 Å². The Labute approximate surface area is 89.3 Å². The number of thiophene rings is 1. The van der Waals surface area contributed by atoms with E-state index < -0.39 is 11.6 Å². The third-order valence-electron chi connectivity index (χ3n) is 2.30. The fraction of sp³-hybridized carbons (Fsp3) is 0.182. The van der Waals surface area contributed by atoms with Crippen LogP contribution in [0.2, 0.25) is 0 Å². The van der Waals surface area contributed by atoms with Gasteiger partial charge in [-0.2, -0.15) is 0 Å². The molecule has 4 heteroatoms. The Morgan fingerprint density at radius 2 is 1.87 bits per heavy atom. The summed E-state index contributed by atoms with van der Waals surface area (Å²) in [6.07, 6.45) is 0. The lowest BCUT2D eigenvalue weighted by molar-refractivity contribution is 0.102. The number of aryl methyl sites for hydroxylation is 1. The predicted octanol–water partition coefficient (Wildman–Crippen LogP) is 3.69. The van der Waals surface area contributed by atoms with Crippen LogP contribution < -0.4 is 0 Å². The van der Waals surface area contributed by atoms with Crippen molar-refractivity contribution in [2.45, 2.75) is 13.8 Å². The number of carbonyl (C=O) groups is 1. The van der Waals surface area contributed by atoms with E-state index in [1.54, 1.807) is 6.92 Å². The van der Waals surface area contributed by atoms with Gasteiger partial charge in [0.1, 0.15) is 0 Å². The van der Waals surface area contributed by atoms with Gasteiger partial charge in [-0.15, -0.1) is 11.3 Å². The van der Waals surface area contributed by atoms with E-state index in [1.165, 1.54) is 18.3 Å². The Hall–Kier alpha value is -1.29. The van der Waals surface area contributed by atoms with Gasteiger partial charge in [0.05, 0.1) is 4.88 Å². The zero-order valence-corrected chi connectivity index (χ0v) is 9.04. The van der Waals surface area contributed by atoms with Crippen LogP contribution in [-0.2, 0) is 0 Å². The average Bonchev–Trinajstić information content (AvgIpc) is 2.46. The number of carbonyl (C=O) groups excluding carboxylic acids is 1. The summed E-state index contributed by atoms with van der Waals surface area (Å²) < 4.78 is 26.5. The molecule has 0 unspecified atom stereocenters. The molecule has 0 aliphatic carbocycles. The van der Waals surface area contributed by atoms with E-state index in [0.29, 0.717) is 15.0 Å². The Balaban J connectivity index is 2.83. The van der Waals surface area contributed by atoms with Gasteiger partial charge in [0.25, 0.3) is 0 Å². The van der Waals surface area contributed by atoms with E-state index in [0.717, 1.165) is 17.7 Å². The molecule has 78 valence electrons. The highest BCUT2D eigenvalue weighted by Crippen LogP contribution is 2.32. The third kappa shape index (κ3) is 1.55. The van der Waals surface area contributed by atoms with Gasteiger partial charge in [0.15, 0.2) is 17.4 Å². The largest absolute Gasteiger partial charge is 0.294 e. The molecule has 0 N–H and O–H groups in total. The summed E-state index contributed by atoms with van der Waals surface area (Å²) in [6, 6.07) is 2.28. The SMILES string of the molecule is CC(=O)c1sc2cc(F)c(F)cc2c1C. The van der Waals surface area contributed by atoms with Crippen LogP contribution in [0.3, 0.4) is 0 Å². The molecule has 2 rings (SSSR count). The number of Topliss-reactive ketones (excluding diaryl/α,β-unsaturated/α-hetero) is 1. The highest BCUT2D eigenvalue weighted by atomic mass is 32.1. The van der Waals surface area contributed by atoms with Gasteiger partial charge in [-0.05, 0) is 36.9 Å². The summed E-state index contributed by atoms with van der Waals surface area (Å²) in [6.45, 7) is 3.19. The maximum Gasteiger partial charge on any atom is 0.170 e. The summed E-state index contributed by atoms with van der Waals surface area (Å²) in [5.74, 6) is -1.83. The van der Waals surface area contributed by atoms with Crippen LogP contribution in [0.1, 0.15) is 22.2 Å². The van der Waals surface area contributed by atoms with Gasteiger partial charge in [0, 0.05) is 4.70 Å². The molecule has 1 aromatic heterocycles. The van der Waals surface area contributed by atoms with Crippen LogP contribution in [-0.4, -0.2) is 5.78 Å². The standard InChI is InChI=1S/C11H8F2OS/c1-5-7-3-8(12)9(13)4-10(7)15-11(5)6(2)14/h3-4H,1-2H3.